The van der Waals surface area contributed by atoms with Gasteiger partial charge in [-0.3, -0.25) is 4.79 Å². The molecule has 1 aliphatic carbocycles. The van der Waals surface area contributed by atoms with Gasteiger partial charge in [-0.05, 0) is 56.7 Å². The van der Waals surface area contributed by atoms with E-state index >= 15 is 0 Å². The zero-order chi connectivity index (χ0) is 18.7. The van der Waals surface area contributed by atoms with Crippen LogP contribution in [0.25, 0.3) is 0 Å². The van der Waals surface area contributed by atoms with E-state index in [2.05, 4.69) is 0 Å². The largest absolute Gasteiger partial charge is 0.427 e. The predicted molar refractivity (Wildman–Crippen MR) is 102 cm³/mol. The lowest BCUT2D eigenvalue weighted by Crippen LogP contribution is -2.17. The molecule has 2 rings (SSSR count). The summed E-state index contributed by atoms with van der Waals surface area (Å²) in [5.41, 5.74) is 1.26. The summed E-state index contributed by atoms with van der Waals surface area (Å²) < 4.78 is 5.12. The Kier molecular flexibility index (Phi) is 11.0. The van der Waals surface area contributed by atoms with Crippen molar-refractivity contribution in [2.24, 2.45) is 5.92 Å². The number of allylic oxidation sites excluding steroid dienone is 2. The number of aryl methyl sites for hydroxylation is 1. The van der Waals surface area contributed by atoms with Crippen molar-refractivity contribution in [1.29, 1.82) is 0 Å². The average Bonchev–Trinajstić information content (AvgIpc) is 2.62. The highest BCUT2D eigenvalue weighted by Gasteiger charge is 2.17. The molecule has 0 spiro atoms. The molecule has 24 heavy (non-hydrogen) atoms. The molecule has 0 bridgehead atoms. The summed E-state index contributed by atoms with van der Waals surface area (Å²) in [5.74, 6) is 0.830. The van der Waals surface area contributed by atoms with Crippen molar-refractivity contribution in [1.82, 2.24) is 0 Å². The standard InChI is InChI=1S/C17H22O3.2C2H6/c1-11-12(2)16(17(19)20-13(11)3)15(18)10-9-14-7-5-4-6-8-14;2*1-2/h9-10,14H,4-8H2,1-3H3;2*1-2H3/b10-9+;;. The van der Waals surface area contributed by atoms with Crippen molar-refractivity contribution in [3.63, 3.8) is 0 Å². The van der Waals surface area contributed by atoms with E-state index in [1.165, 1.54) is 19.3 Å². The van der Waals surface area contributed by atoms with Crippen LogP contribution in [0, 0.1) is 26.7 Å². The topological polar surface area (TPSA) is 47.3 Å². The Morgan fingerprint density at radius 1 is 0.958 bits per heavy atom. The molecule has 3 nitrogen and oxygen atoms in total. The van der Waals surface area contributed by atoms with Crippen LogP contribution in [0.3, 0.4) is 0 Å². The molecule has 1 saturated carbocycles. The maximum absolute atomic E-state index is 12.2. The first-order valence-electron chi connectivity index (χ1n) is 9.34. The number of hydrogen-bond donors (Lipinski definition) is 0. The molecule has 0 N–H and O–H groups in total. The zero-order valence-corrected chi connectivity index (χ0v) is 16.5. The van der Waals surface area contributed by atoms with E-state index in [-0.39, 0.29) is 11.3 Å². The summed E-state index contributed by atoms with van der Waals surface area (Å²) in [6.07, 6.45) is 9.56. The molecule has 1 heterocycles. The summed E-state index contributed by atoms with van der Waals surface area (Å²) in [7, 11) is 0. The van der Waals surface area contributed by atoms with E-state index in [1.54, 1.807) is 19.9 Å². The fraction of sp³-hybridized carbons (Fsp3) is 0.619. The van der Waals surface area contributed by atoms with Gasteiger partial charge in [0.15, 0.2) is 5.78 Å². The Morgan fingerprint density at radius 3 is 2.04 bits per heavy atom. The van der Waals surface area contributed by atoms with Gasteiger partial charge in [0.1, 0.15) is 11.3 Å². The third-order valence-electron chi connectivity index (χ3n) is 4.33. The van der Waals surface area contributed by atoms with Crippen LogP contribution in [0.5, 0.6) is 0 Å². The molecule has 0 saturated heterocycles. The summed E-state index contributed by atoms with van der Waals surface area (Å²) in [5, 5.41) is 0. The van der Waals surface area contributed by atoms with Gasteiger partial charge in [-0.2, -0.15) is 0 Å². The van der Waals surface area contributed by atoms with Crippen LogP contribution in [-0.2, 0) is 0 Å². The van der Waals surface area contributed by atoms with Gasteiger partial charge in [0.05, 0.1) is 0 Å². The molecule has 1 aliphatic rings. The first-order valence-corrected chi connectivity index (χ1v) is 9.34. The third kappa shape index (κ3) is 6.10. The van der Waals surface area contributed by atoms with Crippen LogP contribution in [0.4, 0.5) is 0 Å². The summed E-state index contributed by atoms with van der Waals surface area (Å²) in [6, 6.07) is 0. The van der Waals surface area contributed by atoms with Gasteiger partial charge in [-0.1, -0.05) is 53.0 Å². The fourth-order valence-corrected chi connectivity index (χ4v) is 2.79. The van der Waals surface area contributed by atoms with Crippen LogP contribution >= 0.6 is 0 Å². The zero-order valence-electron chi connectivity index (χ0n) is 16.5. The van der Waals surface area contributed by atoms with E-state index in [9.17, 15) is 9.59 Å². The second-order valence-electron chi connectivity index (χ2n) is 5.69. The maximum Gasteiger partial charge on any atom is 0.347 e. The number of ketones is 1. The van der Waals surface area contributed by atoms with Gasteiger partial charge in [0, 0.05) is 0 Å². The summed E-state index contributed by atoms with van der Waals surface area (Å²) >= 11 is 0. The minimum atomic E-state index is -0.524. The van der Waals surface area contributed by atoms with E-state index in [0.29, 0.717) is 11.7 Å². The highest BCUT2D eigenvalue weighted by molar-refractivity contribution is 6.05. The monoisotopic (exact) mass is 334 g/mol. The Labute approximate surface area is 147 Å². The first-order chi connectivity index (χ1) is 11.5. The molecule has 0 unspecified atom stereocenters. The van der Waals surface area contributed by atoms with Gasteiger partial charge < -0.3 is 4.42 Å². The van der Waals surface area contributed by atoms with E-state index in [0.717, 1.165) is 24.0 Å². The Hall–Kier alpha value is -1.64. The smallest absolute Gasteiger partial charge is 0.347 e. The lowest BCUT2D eigenvalue weighted by molar-refractivity contribution is 0.104. The molecule has 136 valence electrons. The van der Waals surface area contributed by atoms with Crippen molar-refractivity contribution in [2.45, 2.75) is 80.6 Å². The molecular formula is C21H34O3. The van der Waals surface area contributed by atoms with Crippen molar-refractivity contribution in [2.75, 3.05) is 0 Å². The molecule has 0 atom stereocenters. The molecular weight excluding hydrogens is 300 g/mol. The van der Waals surface area contributed by atoms with Gasteiger partial charge in [0.2, 0.25) is 0 Å². The summed E-state index contributed by atoms with van der Waals surface area (Å²) in [4.78, 5) is 24.1. The lowest BCUT2D eigenvalue weighted by Gasteiger charge is -2.17. The van der Waals surface area contributed by atoms with Crippen molar-refractivity contribution >= 4 is 5.78 Å². The van der Waals surface area contributed by atoms with Crippen LogP contribution in [0.15, 0.2) is 21.4 Å². The SMILES string of the molecule is CC.CC.Cc1oc(=O)c(C(=O)/C=C/C2CCCCC2)c(C)c1C. The van der Waals surface area contributed by atoms with Gasteiger partial charge in [0.25, 0.3) is 0 Å². The normalized spacial score (nSPS) is 14.5. The molecule has 0 radical (unpaired) electrons. The molecule has 3 heteroatoms. The highest BCUT2D eigenvalue weighted by atomic mass is 16.4. The van der Waals surface area contributed by atoms with E-state index < -0.39 is 5.63 Å². The molecule has 0 amide bonds. The Morgan fingerprint density at radius 2 is 1.50 bits per heavy atom. The molecule has 1 aromatic rings. The quantitative estimate of drug-likeness (QED) is 0.508. The Balaban J connectivity index is 0.00000123. The van der Waals surface area contributed by atoms with E-state index in [4.69, 9.17) is 4.42 Å². The fourth-order valence-electron chi connectivity index (χ4n) is 2.79. The molecule has 0 aliphatic heterocycles. The number of rotatable bonds is 3. The highest BCUT2D eigenvalue weighted by Crippen LogP contribution is 2.24. The van der Waals surface area contributed by atoms with Crippen LogP contribution in [0.2, 0.25) is 0 Å². The minimum absolute atomic E-state index is 0.181. The van der Waals surface area contributed by atoms with Gasteiger partial charge >= 0.3 is 5.63 Å². The van der Waals surface area contributed by atoms with E-state index in [1.807, 2.05) is 40.7 Å². The van der Waals surface area contributed by atoms with Crippen molar-refractivity contribution < 1.29 is 9.21 Å². The van der Waals surface area contributed by atoms with Gasteiger partial charge in [-0.25, -0.2) is 4.79 Å². The number of carbonyl (C=O) groups excluding carboxylic acids is 1. The van der Waals surface area contributed by atoms with Crippen LogP contribution in [-0.4, -0.2) is 5.78 Å². The van der Waals surface area contributed by atoms with Crippen molar-refractivity contribution in [3.8, 4) is 0 Å². The first kappa shape index (κ1) is 22.4. The second kappa shape index (κ2) is 11.8. The number of hydrogen-bond acceptors (Lipinski definition) is 3. The van der Waals surface area contributed by atoms with Gasteiger partial charge in [-0.15, -0.1) is 0 Å². The molecule has 0 aromatic carbocycles. The van der Waals surface area contributed by atoms with Crippen LogP contribution in [0.1, 0.15) is 87.0 Å². The molecule has 1 fully saturated rings. The lowest BCUT2D eigenvalue weighted by atomic mass is 9.88. The average molecular weight is 335 g/mol. The predicted octanol–water partition coefficient (Wildman–Crippen LogP) is 5.94. The third-order valence-corrected chi connectivity index (χ3v) is 4.33. The Bertz CT molecular complexity index is 588. The summed E-state index contributed by atoms with van der Waals surface area (Å²) in [6.45, 7) is 13.4. The maximum atomic E-state index is 12.2. The minimum Gasteiger partial charge on any atom is -0.427 e. The van der Waals surface area contributed by atoms with Crippen LogP contribution < -0.4 is 5.63 Å². The number of carbonyl (C=O) groups is 1. The molecule has 1 aromatic heterocycles. The second-order valence-corrected chi connectivity index (χ2v) is 5.69. The van der Waals surface area contributed by atoms with Crippen molar-refractivity contribution in [3.05, 3.63) is 45.0 Å².